The molecule has 0 aromatic heterocycles. The Morgan fingerprint density at radius 1 is 1.14 bits per heavy atom. The molecule has 0 unspecified atom stereocenters. The van der Waals surface area contributed by atoms with E-state index in [2.05, 4.69) is 10.6 Å². The lowest BCUT2D eigenvalue weighted by molar-refractivity contribution is -0.150. The van der Waals surface area contributed by atoms with Gasteiger partial charge in [0.05, 0.1) is 0 Å². The summed E-state index contributed by atoms with van der Waals surface area (Å²) >= 11 is 0. The first-order chi connectivity index (χ1) is 13.5. The van der Waals surface area contributed by atoms with Crippen molar-refractivity contribution >= 4 is 29.5 Å². The molecule has 2 rings (SSSR count). The van der Waals surface area contributed by atoms with Crippen LogP contribution in [0.2, 0.25) is 0 Å². The van der Waals surface area contributed by atoms with Crippen LogP contribution < -0.4 is 16.5 Å². The molecule has 5 amide bonds. The van der Waals surface area contributed by atoms with Gasteiger partial charge >= 0.3 is 0 Å². The van der Waals surface area contributed by atoms with Crippen LogP contribution >= 0.6 is 0 Å². The predicted molar refractivity (Wildman–Crippen MR) is 104 cm³/mol. The van der Waals surface area contributed by atoms with Crippen molar-refractivity contribution in [1.82, 2.24) is 20.5 Å². The lowest BCUT2D eigenvalue weighted by Crippen LogP contribution is -2.59. The third kappa shape index (κ3) is 5.11. The highest BCUT2D eigenvalue weighted by atomic mass is 16.2. The fraction of sp³-hybridized carbons (Fsp3) is 0.737. The van der Waals surface area contributed by atoms with E-state index in [1.54, 1.807) is 27.7 Å². The largest absolute Gasteiger partial charge is 0.344 e. The molecule has 4 N–H and O–H groups in total. The van der Waals surface area contributed by atoms with Gasteiger partial charge in [0.15, 0.2) is 0 Å². The van der Waals surface area contributed by atoms with E-state index >= 15 is 0 Å². The minimum absolute atomic E-state index is 0.174. The fourth-order valence-corrected chi connectivity index (χ4v) is 3.60. The van der Waals surface area contributed by atoms with E-state index in [9.17, 15) is 24.0 Å². The topological polar surface area (TPSA) is 142 Å². The molecule has 0 spiro atoms. The summed E-state index contributed by atoms with van der Waals surface area (Å²) in [5.74, 6) is 2.77. The highest BCUT2D eigenvalue weighted by Crippen LogP contribution is 2.21. The summed E-state index contributed by atoms with van der Waals surface area (Å²) in [6, 6.07) is -2.32. The van der Waals surface area contributed by atoms with Gasteiger partial charge in [-0.2, -0.15) is 0 Å². The lowest BCUT2D eigenvalue weighted by atomic mass is 10.0. The fourth-order valence-electron chi connectivity index (χ4n) is 3.60. The molecule has 0 aliphatic carbocycles. The van der Waals surface area contributed by atoms with E-state index in [0.29, 0.717) is 37.2 Å². The molecule has 0 saturated carbocycles. The predicted octanol–water partition coefficient (Wildman–Crippen LogP) is -0.718. The standard InChI is InChI=1S/C19H31N5O5/c1-10(2)15(19(29)24(20)17(27)11(3)4)22-16(26)13-6-5-9-23(13)18(28)12-7-8-14(25)21-12/h10-13,15H,5-9,20H2,1-4H3,(H,21,25)(H,22,26)/t12-,13-,15-/m0/s1. The first kappa shape index (κ1) is 22.8. The molecule has 2 heterocycles. The number of carbonyl (C=O) groups is 5. The minimum Gasteiger partial charge on any atom is -0.344 e. The van der Waals surface area contributed by atoms with Crippen LogP contribution in [0.5, 0.6) is 0 Å². The van der Waals surface area contributed by atoms with Gasteiger partial charge in [0.2, 0.25) is 23.6 Å². The molecule has 0 aromatic carbocycles. The maximum atomic E-state index is 12.9. The van der Waals surface area contributed by atoms with Gasteiger partial charge in [-0.05, 0) is 25.2 Å². The Morgan fingerprint density at radius 3 is 2.31 bits per heavy atom. The average molecular weight is 409 g/mol. The number of likely N-dealkylation sites (tertiary alicyclic amines) is 1. The number of nitrogens with zero attached hydrogens (tertiary/aromatic N) is 2. The average Bonchev–Trinajstić information content (AvgIpc) is 3.32. The number of nitrogens with one attached hydrogen (secondary N) is 2. The molecule has 2 fully saturated rings. The number of carbonyl (C=O) groups excluding carboxylic acids is 5. The zero-order valence-electron chi connectivity index (χ0n) is 17.4. The molecule has 0 radical (unpaired) electrons. The van der Waals surface area contributed by atoms with Crippen LogP contribution in [-0.2, 0) is 24.0 Å². The summed E-state index contributed by atoms with van der Waals surface area (Å²) < 4.78 is 0. The molecule has 0 aromatic rings. The Morgan fingerprint density at radius 2 is 1.79 bits per heavy atom. The molecular weight excluding hydrogens is 378 g/mol. The van der Waals surface area contributed by atoms with Gasteiger partial charge in [0, 0.05) is 18.9 Å². The smallest absolute Gasteiger partial charge is 0.266 e. The summed E-state index contributed by atoms with van der Waals surface area (Å²) in [4.78, 5) is 63.2. The number of hydrazine groups is 1. The van der Waals surface area contributed by atoms with Crippen LogP contribution in [0.3, 0.4) is 0 Å². The molecule has 3 atom stereocenters. The Labute approximate surface area is 170 Å². The molecule has 0 bridgehead atoms. The van der Waals surface area contributed by atoms with E-state index in [-0.39, 0.29) is 17.7 Å². The Bertz CT molecular complexity index is 692. The molecule has 2 aliphatic heterocycles. The van der Waals surface area contributed by atoms with Crippen LogP contribution in [0, 0.1) is 11.8 Å². The van der Waals surface area contributed by atoms with Gasteiger partial charge in [-0.3, -0.25) is 24.0 Å². The van der Waals surface area contributed by atoms with Crippen molar-refractivity contribution in [3.63, 3.8) is 0 Å². The summed E-state index contributed by atoms with van der Waals surface area (Å²) in [6.45, 7) is 7.15. The van der Waals surface area contributed by atoms with E-state index < -0.39 is 41.8 Å². The van der Waals surface area contributed by atoms with E-state index in [4.69, 9.17) is 5.84 Å². The van der Waals surface area contributed by atoms with Crippen LogP contribution in [0.4, 0.5) is 0 Å². The van der Waals surface area contributed by atoms with Crippen molar-refractivity contribution in [3.05, 3.63) is 0 Å². The normalized spacial score (nSPS) is 22.6. The van der Waals surface area contributed by atoms with Crippen molar-refractivity contribution in [2.75, 3.05) is 6.54 Å². The third-order valence-electron chi connectivity index (χ3n) is 5.33. The van der Waals surface area contributed by atoms with Crippen LogP contribution in [0.25, 0.3) is 0 Å². The van der Waals surface area contributed by atoms with Gasteiger partial charge in [-0.25, -0.2) is 10.9 Å². The van der Waals surface area contributed by atoms with Crippen LogP contribution in [0.15, 0.2) is 0 Å². The Balaban J connectivity index is 2.08. The monoisotopic (exact) mass is 409 g/mol. The van der Waals surface area contributed by atoms with Gasteiger partial charge < -0.3 is 15.5 Å². The number of hydrogen-bond acceptors (Lipinski definition) is 6. The number of amides is 5. The summed E-state index contributed by atoms with van der Waals surface area (Å²) in [5.41, 5.74) is 0. The number of hydrogen-bond donors (Lipinski definition) is 3. The van der Waals surface area contributed by atoms with Gasteiger partial charge in [0.25, 0.3) is 5.91 Å². The first-order valence-electron chi connectivity index (χ1n) is 10.1. The second-order valence-electron chi connectivity index (χ2n) is 8.28. The summed E-state index contributed by atoms with van der Waals surface area (Å²) in [7, 11) is 0. The molecule has 29 heavy (non-hydrogen) atoms. The van der Waals surface area contributed by atoms with Crippen molar-refractivity contribution in [1.29, 1.82) is 0 Å². The molecular formula is C19H31N5O5. The maximum Gasteiger partial charge on any atom is 0.266 e. The number of rotatable bonds is 6. The van der Waals surface area contributed by atoms with Gasteiger partial charge in [-0.1, -0.05) is 27.7 Å². The van der Waals surface area contributed by atoms with Crippen LogP contribution in [-0.4, -0.2) is 64.1 Å². The van der Waals surface area contributed by atoms with Crippen molar-refractivity contribution < 1.29 is 24.0 Å². The van der Waals surface area contributed by atoms with Gasteiger partial charge in [0.1, 0.15) is 18.1 Å². The zero-order chi connectivity index (χ0) is 21.9. The van der Waals surface area contributed by atoms with E-state index in [0.717, 1.165) is 0 Å². The highest BCUT2D eigenvalue weighted by molar-refractivity contribution is 6.00. The van der Waals surface area contributed by atoms with Crippen LogP contribution in [0.1, 0.15) is 53.4 Å². The zero-order valence-corrected chi connectivity index (χ0v) is 17.4. The Kier molecular flexibility index (Phi) is 7.34. The van der Waals surface area contributed by atoms with Crippen molar-refractivity contribution in [3.8, 4) is 0 Å². The molecule has 2 aliphatic rings. The maximum absolute atomic E-state index is 12.9. The number of nitrogens with two attached hydrogens (primary N) is 1. The molecule has 10 nitrogen and oxygen atoms in total. The highest BCUT2D eigenvalue weighted by Gasteiger charge is 2.41. The minimum atomic E-state index is -0.987. The van der Waals surface area contributed by atoms with Crippen molar-refractivity contribution in [2.45, 2.75) is 71.5 Å². The second kappa shape index (κ2) is 9.34. The lowest BCUT2D eigenvalue weighted by Gasteiger charge is -2.30. The van der Waals surface area contributed by atoms with E-state index in [1.807, 2.05) is 0 Å². The SMILES string of the molecule is CC(C)C(=O)N(N)C(=O)[C@@H](NC(=O)[C@@H]1CCCN1C(=O)[C@@H]1CCC(=O)N1)C(C)C. The summed E-state index contributed by atoms with van der Waals surface area (Å²) in [5, 5.41) is 5.86. The second-order valence-corrected chi connectivity index (χ2v) is 8.28. The molecule has 162 valence electrons. The first-order valence-corrected chi connectivity index (χ1v) is 10.1. The number of imide groups is 1. The van der Waals surface area contributed by atoms with Crippen molar-refractivity contribution in [2.24, 2.45) is 17.7 Å². The van der Waals surface area contributed by atoms with E-state index in [1.165, 1.54) is 4.90 Å². The Hall–Kier alpha value is -2.49. The quantitative estimate of drug-likeness (QED) is 0.300. The molecule has 10 heteroatoms. The molecule has 2 saturated heterocycles. The third-order valence-corrected chi connectivity index (χ3v) is 5.33. The summed E-state index contributed by atoms with van der Waals surface area (Å²) in [6.07, 6.45) is 1.82. The van der Waals surface area contributed by atoms with Gasteiger partial charge in [-0.15, -0.1) is 0 Å².